The van der Waals surface area contributed by atoms with E-state index in [0.29, 0.717) is 31.7 Å². The zero-order chi connectivity index (χ0) is 10.4. The number of ether oxygens (including phenoxy) is 1. The molecule has 0 aliphatic heterocycles. The van der Waals surface area contributed by atoms with E-state index in [-0.39, 0.29) is 11.9 Å². The van der Waals surface area contributed by atoms with Crippen LogP contribution < -0.4 is 5.32 Å². The Labute approximate surface area is 84.0 Å². The minimum atomic E-state index is 0.0196. The number of ketones is 1. The molecule has 0 bridgehead atoms. The topological polar surface area (TPSA) is 55.4 Å². The number of hydrogen-bond donors (Lipinski definition) is 1. The third kappa shape index (κ3) is 3.87. The highest BCUT2D eigenvalue weighted by Gasteiger charge is 2.19. The molecule has 0 heterocycles. The van der Waals surface area contributed by atoms with Gasteiger partial charge in [0, 0.05) is 32.4 Å². The molecule has 4 nitrogen and oxygen atoms in total. The third-order valence-electron chi connectivity index (χ3n) is 2.44. The van der Waals surface area contributed by atoms with E-state index in [0.717, 1.165) is 12.8 Å². The van der Waals surface area contributed by atoms with Gasteiger partial charge >= 0.3 is 0 Å². The van der Waals surface area contributed by atoms with Crippen LogP contribution in [0.15, 0.2) is 0 Å². The number of carbonyl (C=O) groups excluding carboxylic acids is 2. The van der Waals surface area contributed by atoms with Crippen molar-refractivity contribution in [3.8, 4) is 0 Å². The summed E-state index contributed by atoms with van der Waals surface area (Å²) in [4.78, 5) is 22.2. The van der Waals surface area contributed by atoms with E-state index < -0.39 is 0 Å². The van der Waals surface area contributed by atoms with Gasteiger partial charge in [-0.2, -0.15) is 0 Å². The van der Waals surface area contributed by atoms with E-state index in [4.69, 9.17) is 4.74 Å². The van der Waals surface area contributed by atoms with Crippen LogP contribution in [-0.4, -0.2) is 31.4 Å². The number of nitrogens with one attached hydrogen (secondary N) is 1. The summed E-state index contributed by atoms with van der Waals surface area (Å²) < 4.78 is 4.80. The average molecular weight is 199 g/mol. The Bertz CT molecular complexity index is 205. The lowest BCUT2D eigenvalue weighted by atomic mass is 9.94. The molecule has 1 fully saturated rings. The van der Waals surface area contributed by atoms with Gasteiger partial charge in [-0.05, 0) is 12.8 Å². The van der Waals surface area contributed by atoms with Crippen LogP contribution in [0.2, 0.25) is 0 Å². The summed E-state index contributed by atoms with van der Waals surface area (Å²) in [6.07, 6.45) is 3.19. The largest absolute Gasteiger partial charge is 0.384 e. The molecule has 0 aromatic rings. The number of rotatable bonds is 4. The van der Waals surface area contributed by atoms with Crippen molar-refractivity contribution in [3.05, 3.63) is 0 Å². The van der Waals surface area contributed by atoms with E-state index in [9.17, 15) is 9.59 Å². The van der Waals surface area contributed by atoms with Crippen molar-refractivity contribution in [2.24, 2.45) is 0 Å². The zero-order valence-corrected chi connectivity index (χ0v) is 8.54. The van der Waals surface area contributed by atoms with E-state index in [1.54, 1.807) is 7.11 Å². The van der Waals surface area contributed by atoms with Crippen LogP contribution in [0.1, 0.15) is 32.1 Å². The third-order valence-corrected chi connectivity index (χ3v) is 2.44. The molecule has 0 spiro atoms. The molecule has 1 rings (SSSR count). The second kappa shape index (κ2) is 5.75. The van der Waals surface area contributed by atoms with Gasteiger partial charge in [-0.15, -0.1) is 0 Å². The smallest absolute Gasteiger partial charge is 0.222 e. The Morgan fingerprint density at radius 2 is 2.14 bits per heavy atom. The highest BCUT2D eigenvalue weighted by atomic mass is 16.5. The molecule has 0 radical (unpaired) electrons. The predicted octanol–water partition coefficient (Wildman–Crippen LogP) is 0.651. The molecule has 1 aliphatic carbocycles. The number of hydrogen-bond acceptors (Lipinski definition) is 3. The molecule has 1 saturated carbocycles. The van der Waals surface area contributed by atoms with Gasteiger partial charge in [0.25, 0.3) is 0 Å². The SMILES string of the molecule is COCCC(=O)NC1CCC(=O)CC1. The zero-order valence-electron chi connectivity index (χ0n) is 8.54. The first kappa shape index (κ1) is 11.2. The molecule has 4 heteroatoms. The van der Waals surface area contributed by atoms with Crippen molar-refractivity contribution in [3.63, 3.8) is 0 Å². The van der Waals surface area contributed by atoms with Gasteiger partial charge in [0.15, 0.2) is 0 Å². The molecular weight excluding hydrogens is 182 g/mol. The molecule has 1 amide bonds. The van der Waals surface area contributed by atoms with Gasteiger partial charge in [0.1, 0.15) is 5.78 Å². The van der Waals surface area contributed by atoms with Crippen molar-refractivity contribution in [2.45, 2.75) is 38.1 Å². The highest BCUT2D eigenvalue weighted by molar-refractivity contribution is 5.80. The van der Waals surface area contributed by atoms with Gasteiger partial charge in [-0.25, -0.2) is 0 Å². The number of carbonyl (C=O) groups is 2. The molecule has 14 heavy (non-hydrogen) atoms. The van der Waals surface area contributed by atoms with E-state index in [2.05, 4.69) is 5.32 Å². The van der Waals surface area contributed by atoms with Crippen LogP contribution >= 0.6 is 0 Å². The lowest BCUT2D eigenvalue weighted by Gasteiger charge is -2.21. The Morgan fingerprint density at radius 1 is 1.50 bits per heavy atom. The molecule has 1 aliphatic rings. The minimum Gasteiger partial charge on any atom is -0.384 e. The average Bonchev–Trinajstić information content (AvgIpc) is 2.18. The number of amides is 1. The number of Topliss-reactive ketones (excluding diaryl/α,β-unsaturated/α-hetero) is 1. The van der Waals surface area contributed by atoms with Gasteiger partial charge in [0.05, 0.1) is 6.61 Å². The summed E-state index contributed by atoms with van der Waals surface area (Å²) in [7, 11) is 1.58. The molecular formula is C10H17NO3. The predicted molar refractivity (Wildman–Crippen MR) is 51.9 cm³/mol. The summed E-state index contributed by atoms with van der Waals surface area (Å²) >= 11 is 0. The molecule has 0 aromatic heterocycles. The lowest BCUT2D eigenvalue weighted by molar-refractivity contribution is -0.125. The van der Waals surface area contributed by atoms with Crippen molar-refractivity contribution in [2.75, 3.05) is 13.7 Å². The molecule has 1 N–H and O–H groups in total. The van der Waals surface area contributed by atoms with Crippen molar-refractivity contribution < 1.29 is 14.3 Å². The quantitative estimate of drug-likeness (QED) is 0.723. The number of methoxy groups -OCH3 is 1. The fraction of sp³-hybridized carbons (Fsp3) is 0.800. The van der Waals surface area contributed by atoms with Crippen LogP contribution in [0.25, 0.3) is 0 Å². The summed E-state index contributed by atoms with van der Waals surface area (Å²) in [6.45, 7) is 0.456. The van der Waals surface area contributed by atoms with Crippen molar-refractivity contribution >= 4 is 11.7 Å². The van der Waals surface area contributed by atoms with Gasteiger partial charge in [-0.1, -0.05) is 0 Å². The molecule has 0 unspecified atom stereocenters. The summed E-state index contributed by atoms with van der Waals surface area (Å²) in [5.74, 6) is 0.332. The van der Waals surface area contributed by atoms with Crippen molar-refractivity contribution in [1.82, 2.24) is 5.32 Å². The van der Waals surface area contributed by atoms with E-state index in [1.165, 1.54) is 0 Å². The Balaban J connectivity index is 2.17. The summed E-state index contributed by atoms with van der Waals surface area (Å²) in [6, 6.07) is 0.192. The first-order valence-corrected chi connectivity index (χ1v) is 5.02. The van der Waals surface area contributed by atoms with E-state index in [1.807, 2.05) is 0 Å². The molecule has 0 aromatic carbocycles. The van der Waals surface area contributed by atoms with Gasteiger partial charge < -0.3 is 10.1 Å². The molecule has 0 atom stereocenters. The lowest BCUT2D eigenvalue weighted by Crippen LogP contribution is -2.38. The Morgan fingerprint density at radius 3 is 2.71 bits per heavy atom. The van der Waals surface area contributed by atoms with Crippen LogP contribution in [0.3, 0.4) is 0 Å². The summed E-state index contributed by atoms with van der Waals surface area (Å²) in [5, 5.41) is 2.90. The van der Waals surface area contributed by atoms with Crippen LogP contribution in [0, 0.1) is 0 Å². The normalized spacial score (nSPS) is 18.2. The van der Waals surface area contributed by atoms with Crippen LogP contribution in [0.4, 0.5) is 0 Å². The standard InChI is InChI=1S/C10H17NO3/c1-14-7-6-10(13)11-8-2-4-9(12)5-3-8/h8H,2-7H2,1H3,(H,11,13). The second-order valence-electron chi connectivity index (χ2n) is 3.62. The van der Waals surface area contributed by atoms with Crippen molar-refractivity contribution in [1.29, 1.82) is 0 Å². The van der Waals surface area contributed by atoms with Crippen LogP contribution in [-0.2, 0) is 14.3 Å². The monoisotopic (exact) mass is 199 g/mol. The minimum absolute atomic E-state index is 0.0196. The highest BCUT2D eigenvalue weighted by Crippen LogP contribution is 2.14. The van der Waals surface area contributed by atoms with Gasteiger partial charge in [0.2, 0.25) is 5.91 Å². The fourth-order valence-corrected chi connectivity index (χ4v) is 1.58. The Hall–Kier alpha value is -0.900. The Kier molecular flexibility index (Phi) is 4.59. The second-order valence-corrected chi connectivity index (χ2v) is 3.62. The first-order valence-electron chi connectivity index (χ1n) is 5.02. The maximum Gasteiger partial charge on any atom is 0.222 e. The molecule has 80 valence electrons. The van der Waals surface area contributed by atoms with Crippen LogP contribution in [0.5, 0.6) is 0 Å². The first-order chi connectivity index (χ1) is 6.72. The molecule has 0 saturated heterocycles. The van der Waals surface area contributed by atoms with E-state index >= 15 is 0 Å². The van der Waals surface area contributed by atoms with Gasteiger partial charge in [-0.3, -0.25) is 9.59 Å². The maximum absolute atomic E-state index is 11.3. The summed E-state index contributed by atoms with van der Waals surface area (Å²) in [5.41, 5.74) is 0. The fourth-order valence-electron chi connectivity index (χ4n) is 1.58. The maximum atomic E-state index is 11.3.